The summed E-state index contributed by atoms with van der Waals surface area (Å²) in [6.07, 6.45) is 0.880. The Hall–Kier alpha value is -1.79. The van der Waals surface area contributed by atoms with Crippen LogP contribution in [0.5, 0.6) is 0 Å². The molecule has 0 bridgehead atoms. The Kier molecular flexibility index (Phi) is 2.68. The van der Waals surface area contributed by atoms with E-state index in [1.807, 2.05) is 0 Å². The highest BCUT2D eigenvalue weighted by molar-refractivity contribution is 6.00. The number of nitrogens with two attached hydrogens (primary N) is 1. The lowest BCUT2D eigenvalue weighted by atomic mass is 9.91. The van der Waals surface area contributed by atoms with Crippen LogP contribution in [0.25, 0.3) is 0 Å². The smallest absolute Gasteiger partial charge is 0.319 e. The van der Waals surface area contributed by atoms with Crippen LogP contribution in [-0.2, 0) is 9.53 Å². The Morgan fingerprint density at radius 2 is 2.06 bits per heavy atom. The van der Waals surface area contributed by atoms with Crippen molar-refractivity contribution >= 4 is 18.0 Å². The fourth-order valence-corrected chi connectivity index (χ4v) is 2.13. The number of urea groups is 1. The van der Waals surface area contributed by atoms with Crippen LogP contribution in [-0.4, -0.2) is 60.5 Å². The second-order valence-electron chi connectivity index (χ2n) is 4.52. The second kappa shape index (κ2) is 3.90. The number of piperidine rings is 1. The van der Waals surface area contributed by atoms with Crippen molar-refractivity contribution in [2.24, 2.45) is 10.7 Å². The monoisotopic (exact) mass is 240 g/mol. The molecule has 2 aliphatic heterocycles. The van der Waals surface area contributed by atoms with E-state index in [4.69, 9.17) is 10.5 Å². The van der Waals surface area contributed by atoms with Crippen LogP contribution in [0.2, 0.25) is 0 Å². The number of ether oxygens (including phenoxy) is 1. The number of carbonyl (C=O) groups excluding carboxylic acids is 2. The van der Waals surface area contributed by atoms with Crippen molar-refractivity contribution < 1.29 is 14.3 Å². The third kappa shape index (κ3) is 1.92. The normalized spacial score (nSPS) is 22.4. The van der Waals surface area contributed by atoms with Gasteiger partial charge in [0.2, 0.25) is 0 Å². The van der Waals surface area contributed by atoms with Gasteiger partial charge in [0.25, 0.3) is 11.9 Å². The summed E-state index contributed by atoms with van der Waals surface area (Å²) in [7, 11) is 3.40. The van der Waals surface area contributed by atoms with Gasteiger partial charge in [0.15, 0.2) is 5.60 Å². The molecule has 1 saturated heterocycles. The molecule has 0 aliphatic carbocycles. The Morgan fingerprint density at radius 3 is 2.47 bits per heavy atom. The molecule has 2 rings (SSSR count). The van der Waals surface area contributed by atoms with Gasteiger partial charge in [0.1, 0.15) is 0 Å². The summed E-state index contributed by atoms with van der Waals surface area (Å²) in [6.45, 7) is 0.955. The van der Waals surface area contributed by atoms with Gasteiger partial charge < -0.3 is 20.3 Å². The number of hydrogen-bond donors (Lipinski definition) is 1. The molecule has 0 aromatic heterocycles. The molecule has 7 nitrogen and oxygen atoms in total. The first kappa shape index (κ1) is 11.7. The summed E-state index contributed by atoms with van der Waals surface area (Å²) in [6, 6.07) is -0.124. The van der Waals surface area contributed by atoms with Crippen molar-refractivity contribution in [2.75, 3.05) is 27.2 Å². The quantitative estimate of drug-likeness (QED) is 0.611. The topological polar surface area (TPSA) is 88.2 Å². The first-order chi connectivity index (χ1) is 7.94. The summed E-state index contributed by atoms with van der Waals surface area (Å²) < 4.78 is 5.32. The molecule has 0 unspecified atom stereocenters. The molecular formula is C10H16N4O3. The zero-order valence-electron chi connectivity index (χ0n) is 9.97. The van der Waals surface area contributed by atoms with Crippen LogP contribution in [0.1, 0.15) is 12.8 Å². The van der Waals surface area contributed by atoms with Crippen LogP contribution in [0, 0.1) is 0 Å². The lowest BCUT2D eigenvalue weighted by Crippen LogP contribution is -2.52. The number of likely N-dealkylation sites (tertiary alicyclic amines) is 1. The molecule has 1 spiro atoms. The highest BCUT2D eigenvalue weighted by Gasteiger charge is 2.48. The number of rotatable bonds is 0. The number of aliphatic imine (C=N–C) groups is 1. The molecule has 0 aromatic carbocycles. The van der Waals surface area contributed by atoms with E-state index in [0.29, 0.717) is 25.9 Å². The summed E-state index contributed by atoms with van der Waals surface area (Å²) in [4.78, 5) is 30.2. The maximum atomic E-state index is 11.7. The van der Waals surface area contributed by atoms with Gasteiger partial charge in [0, 0.05) is 40.0 Å². The van der Waals surface area contributed by atoms with E-state index in [-0.39, 0.29) is 18.0 Å². The van der Waals surface area contributed by atoms with Gasteiger partial charge in [-0.25, -0.2) is 4.79 Å². The van der Waals surface area contributed by atoms with Crippen LogP contribution in [0.15, 0.2) is 4.99 Å². The molecule has 17 heavy (non-hydrogen) atoms. The van der Waals surface area contributed by atoms with E-state index < -0.39 is 5.60 Å². The number of carbonyl (C=O) groups is 2. The molecule has 3 amide bonds. The van der Waals surface area contributed by atoms with Crippen molar-refractivity contribution in [1.82, 2.24) is 9.80 Å². The van der Waals surface area contributed by atoms with Gasteiger partial charge in [-0.2, -0.15) is 4.99 Å². The van der Waals surface area contributed by atoms with Gasteiger partial charge in [-0.15, -0.1) is 0 Å². The van der Waals surface area contributed by atoms with Crippen LogP contribution >= 0.6 is 0 Å². The first-order valence-corrected chi connectivity index (χ1v) is 5.48. The summed E-state index contributed by atoms with van der Waals surface area (Å²) in [5.74, 6) is -0.327. The van der Waals surface area contributed by atoms with E-state index in [2.05, 4.69) is 4.99 Å². The highest BCUT2D eigenvalue weighted by Crippen LogP contribution is 2.31. The Labute approximate surface area is 99.2 Å². The molecule has 0 radical (unpaired) electrons. The van der Waals surface area contributed by atoms with E-state index >= 15 is 0 Å². The average Bonchev–Trinajstić information content (AvgIpc) is 2.54. The molecule has 0 saturated carbocycles. The zero-order valence-corrected chi connectivity index (χ0v) is 9.97. The van der Waals surface area contributed by atoms with Crippen molar-refractivity contribution in [2.45, 2.75) is 18.4 Å². The summed E-state index contributed by atoms with van der Waals surface area (Å²) in [5.41, 5.74) is 4.47. The minimum Gasteiger partial charge on any atom is -0.448 e. The van der Waals surface area contributed by atoms with Crippen molar-refractivity contribution in [3.63, 3.8) is 0 Å². The maximum absolute atomic E-state index is 11.7. The fourth-order valence-electron chi connectivity index (χ4n) is 2.13. The SMILES string of the molecule is CN(C)C(=O)N1CCC2(CC1)OC(N)=NC2=O. The van der Waals surface area contributed by atoms with Crippen LogP contribution in [0.4, 0.5) is 4.79 Å². The third-order valence-corrected chi connectivity index (χ3v) is 3.13. The molecule has 0 atom stereocenters. The Morgan fingerprint density at radius 1 is 1.47 bits per heavy atom. The number of nitrogens with zero attached hydrogens (tertiary/aromatic N) is 3. The van der Waals surface area contributed by atoms with Gasteiger partial charge in [-0.1, -0.05) is 0 Å². The van der Waals surface area contributed by atoms with Crippen LogP contribution in [0.3, 0.4) is 0 Å². The Balaban J connectivity index is 2.00. The van der Waals surface area contributed by atoms with Gasteiger partial charge >= 0.3 is 6.03 Å². The minimum atomic E-state index is -0.923. The summed E-state index contributed by atoms with van der Waals surface area (Å²) in [5, 5.41) is 0. The first-order valence-electron chi connectivity index (χ1n) is 5.48. The van der Waals surface area contributed by atoms with Crippen LogP contribution < -0.4 is 5.73 Å². The molecular weight excluding hydrogens is 224 g/mol. The summed E-state index contributed by atoms with van der Waals surface area (Å²) >= 11 is 0. The largest absolute Gasteiger partial charge is 0.448 e. The number of amidine groups is 1. The molecule has 2 aliphatic rings. The molecule has 7 heteroatoms. The highest BCUT2D eigenvalue weighted by atomic mass is 16.5. The lowest BCUT2D eigenvalue weighted by Gasteiger charge is -2.37. The van der Waals surface area contributed by atoms with E-state index in [0.717, 1.165) is 0 Å². The second-order valence-corrected chi connectivity index (χ2v) is 4.52. The number of hydrogen-bond acceptors (Lipinski definition) is 4. The van der Waals surface area contributed by atoms with Crippen molar-refractivity contribution in [1.29, 1.82) is 0 Å². The zero-order chi connectivity index (χ0) is 12.6. The Bertz CT molecular complexity index is 383. The predicted octanol–water partition coefficient (Wildman–Crippen LogP) is -0.626. The molecule has 94 valence electrons. The minimum absolute atomic E-state index is 0.0563. The molecule has 0 aromatic rings. The van der Waals surface area contributed by atoms with E-state index in [1.54, 1.807) is 19.0 Å². The third-order valence-electron chi connectivity index (χ3n) is 3.13. The van der Waals surface area contributed by atoms with Gasteiger partial charge in [-0.3, -0.25) is 4.79 Å². The predicted molar refractivity (Wildman–Crippen MR) is 60.3 cm³/mol. The molecule has 2 N–H and O–H groups in total. The molecule has 2 heterocycles. The van der Waals surface area contributed by atoms with Gasteiger partial charge in [0.05, 0.1) is 0 Å². The van der Waals surface area contributed by atoms with Gasteiger partial charge in [-0.05, 0) is 0 Å². The molecule has 1 fully saturated rings. The average molecular weight is 240 g/mol. The standard InChI is InChI=1S/C10H16N4O3/c1-13(2)9(16)14-5-3-10(4-6-14)7(15)12-8(11)17-10/h3-6H2,1-2H3,(H2,11,12,15). The van der Waals surface area contributed by atoms with E-state index in [1.165, 1.54) is 4.90 Å². The fraction of sp³-hybridized carbons (Fsp3) is 0.700. The van der Waals surface area contributed by atoms with Crippen molar-refractivity contribution in [3.05, 3.63) is 0 Å². The van der Waals surface area contributed by atoms with Crippen molar-refractivity contribution in [3.8, 4) is 0 Å². The maximum Gasteiger partial charge on any atom is 0.319 e. The number of amides is 3. The van der Waals surface area contributed by atoms with E-state index in [9.17, 15) is 9.59 Å². The lowest BCUT2D eigenvalue weighted by molar-refractivity contribution is -0.134.